The lowest BCUT2D eigenvalue weighted by atomic mass is 9.95. The van der Waals surface area contributed by atoms with E-state index in [2.05, 4.69) is 16.7 Å². The largest absolute Gasteiger partial charge is 0.313 e. The highest BCUT2D eigenvalue weighted by Gasteiger charge is 2.13. The maximum atomic E-state index is 3.70. The van der Waals surface area contributed by atoms with Crippen molar-refractivity contribution in [1.82, 2.24) is 10.6 Å². The van der Waals surface area contributed by atoms with Gasteiger partial charge in [0.05, 0.1) is 0 Å². The topological polar surface area (TPSA) is 24.1 Å². The maximum Gasteiger partial charge on any atom is 0.0168 e. The highest BCUT2D eigenvalue weighted by atomic mass is 14.9. The first-order valence-electron chi connectivity index (χ1n) is 6.07. The molecule has 0 atom stereocenters. The van der Waals surface area contributed by atoms with Crippen LogP contribution < -0.4 is 10.6 Å². The van der Waals surface area contributed by atoms with Gasteiger partial charge in [-0.05, 0) is 25.8 Å². The Morgan fingerprint density at radius 1 is 1.29 bits per heavy atom. The van der Waals surface area contributed by atoms with Crippen molar-refractivity contribution >= 4 is 0 Å². The molecule has 0 unspecified atom stereocenters. The van der Waals surface area contributed by atoms with Gasteiger partial charge in [0.25, 0.3) is 0 Å². The maximum absolute atomic E-state index is 3.70. The third kappa shape index (κ3) is 3.10. The number of hydrogen-bond acceptors (Lipinski definition) is 2. The first kappa shape index (κ1) is 10.2. The lowest BCUT2D eigenvalue weighted by molar-refractivity contribution is 0.381. The van der Waals surface area contributed by atoms with Gasteiger partial charge in [-0.25, -0.2) is 0 Å². The van der Waals surface area contributed by atoms with E-state index in [1.807, 2.05) is 0 Å². The molecule has 1 heterocycles. The van der Waals surface area contributed by atoms with E-state index >= 15 is 0 Å². The van der Waals surface area contributed by atoms with Gasteiger partial charge < -0.3 is 10.6 Å². The van der Waals surface area contributed by atoms with Gasteiger partial charge in [0.2, 0.25) is 0 Å². The van der Waals surface area contributed by atoms with Gasteiger partial charge in [-0.1, -0.05) is 30.9 Å². The molecular weight excluding hydrogens is 172 g/mol. The third-order valence-corrected chi connectivity index (χ3v) is 3.38. The fraction of sp³-hybridized carbons (Fsp3) is 0.833. The molecule has 80 valence electrons. The molecule has 1 fully saturated rings. The van der Waals surface area contributed by atoms with E-state index in [0.29, 0.717) is 0 Å². The van der Waals surface area contributed by atoms with Crippen LogP contribution in [0.25, 0.3) is 0 Å². The normalized spacial score (nSPS) is 24.7. The molecule has 0 saturated heterocycles. The Hall–Kier alpha value is -0.340. The molecule has 1 aliphatic carbocycles. The van der Waals surface area contributed by atoms with Crippen LogP contribution in [0.2, 0.25) is 0 Å². The molecule has 14 heavy (non-hydrogen) atoms. The zero-order valence-electron chi connectivity index (χ0n) is 9.02. The summed E-state index contributed by atoms with van der Waals surface area (Å²) in [6.07, 6.45) is 10.7. The highest BCUT2D eigenvalue weighted by molar-refractivity contribution is 5.08. The lowest BCUT2D eigenvalue weighted by Gasteiger charge is -2.24. The van der Waals surface area contributed by atoms with E-state index in [9.17, 15) is 0 Å². The molecule has 2 nitrogen and oxygen atoms in total. The first-order valence-corrected chi connectivity index (χ1v) is 6.07. The van der Waals surface area contributed by atoms with Crippen LogP contribution in [-0.4, -0.2) is 25.7 Å². The van der Waals surface area contributed by atoms with E-state index in [0.717, 1.165) is 25.7 Å². The smallest absolute Gasteiger partial charge is 0.0168 e. The van der Waals surface area contributed by atoms with Crippen LogP contribution in [0, 0.1) is 0 Å². The Morgan fingerprint density at radius 2 is 2.14 bits per heavy atom. The van der Waals surface area contributed by atoms with Crippen LogP contribution in [0.4, 0.5) is 0 Å². The molecule has 0 aromatic carbocycles. The summed E-state index contributed by atoms with van der Waals surface area (Å²) in [5, 5.41) is 7.04. The monoisotopic (exact) mass is 194 g/mol. The van der Waals surface area contributed by atoms with Crippen LogP contribution >= 0.6 is 0 Å². The summed E-state index contributed by atoms with van der Waals surface area (Å²) in [6.45, 7) is 3.37. The van der Waals surface area contributed by atoms with Gasteiger partial charge in [0.1, 0.15) is 0 Å². The highest BCUT2D eigenvalue weighted by Crippen LogP contribution is 2.17. The van der Waals surface area contributed by atoms with Crippen LogP contribution in [0.1, 0.15) is 38.5 Å². The molecule has 1 aliphatic heterocycles. The minimum atomic E-state index is 0.805. The average Bonchev–Trinajstić information content (AvgIpc) is 2.29. The van der Waals surface area contributed by atoms with Crippen LogP contribution in [-0.2, 0) is 0 Å². The summed E-state index contributed by atoms with van der Waals surface area (Å²) in [4.78, 5) is 0. The van der Waals surface area contributed by atoms with Crippen molar-refractivity contribution in [1.29, 1.82) is 0 Å². The molecule has 2 N–H and O–H groups in total. The minimum Gasteiger partial charge on any atom is -0.313 e. The van der Waals surface area contributed by atoms with E-state index in [4.69, 9.17) is 0 Å². The summed E-state index contributed by atoms with van der Waals surface area (Å²) in [5.74, 6) is 0. The van der Waals surface area contributed by atoms with E-state index < -0.39 is 0 Å². The summed E-state index contributed by atoms with van der Waals surface area (Å²) in [7, 11) is 0. The van der Waals surface area contributed by atoms with Crippen molar-refractivity contribution in [3.05, 3.63) is 11.6 Å². The Labute approximate surface area is 87.2 Å². The van der Waals surface area contributed by atoms with E-state index in [1.165, 1.54) is 38.5 Å². The zero-order valence-corrected chi connectivity index (χ0v) is 9.02. The standard InChI is InChI=1S/C12H22N2/c1-2-4-12(5-3-1)14-10-11-6-8-13-9-7-11/h6,12-14H,1-5,7-10H2. The van der Waals surface area contributed by atoms with Crippen molar-refractivity contribution in [3.63, 3.8) is 0 Å². The summed E-state index contributed by atoms with van der Waals surface area (Å²) < 4.78 is 0. The Morgan fingerprint density at radius 3 is 2.86 bits per heavy atom. The summed E-state index contributed by atoms with van der Waals surface area (Å²) in [5.41, 5.74) is 1.61. The Kier molecular flexibility index (Phi) is 4.02. The molecule has 0 aromatic rings. The van der Waals surface area contributed by atoms with Crippen molar-refractivity contribution in [2.24, 2.45) is 0 Å². The predicted molar refractivity (Wildman–Crippen MR) is 60.4 cm³/mol. The molecule has 1 saturated carbocycles. The Balaban J connectivity index is 1.67. The van der Waals surface area contributed by atoms with Crippen LogP contribution in [0.15, 0.2) is 11.6 Å². The quantitative estimate of drug-likeness (QED) is 0.670. The Bertz CT molecular complexity index is 192. The zero-order chi connectivity index (χ0) is 9.64. The number of hydrogen-bond donors (Lipinski definition) is 2. The molecule has 0 amide bonds. The van der Waals surface area contributed by atoms with Gasteiger partial charge in [-0.3, -0.25) is 0 Å². The van der Waals surface area contributed by atoms with Crippen molar-refractivity contribution in [2.75, 3.05) is 19.6 Å². The molecular formula is C12H22N2. The second kappa shape index (κ2) is 5.52. The third-order valence-electron chi connectivity index (χ3n) is 3.38. The predicted octanol–water partition coefficient (Wildman–Crippen LogP) is 1.83. The van der Waals surface area contributed by atoms with Gasteiger partial charge in [0.15, 0.2) is 0 Å². The molecule has 2 aliphatic rings. The van der Waals surface area contributed by atoms with Gasteiger partial charge in [-0.15, -0.1) is 0 Å². The van der Waals surface area contributed by atoms with Crippen molar-refractivity contribution < 1.29 is 0 Å². The SMILES string of the molecule is C1=C(CNC2CCCCC2)CCNC1. The second-order valence-electron chi connectivity index (χ2n) is 4.53. The minimum absolute atomic E-state index is 0.805. The lowest BCUT2D eigenvalue weighted by Crippen LogP contribution is -2.34. The van der Waals surface area contributed by atoms with Gasteiger partial charge in [-0.2, -0.15) is 0 Å². The number of nitrogens with one attached hydrogen (secondary N) is 2. The average molecular weight is 194 g/mol. The van der Waals surface area contributed by atoms with Gasteiger partial charge >= 0.3 is 0 Å². The molecule has 2 heteroatoms. The molecule has 0 radical (unpaired) electrons. The number of rotatable bonds is 3. The van der Waals surface area contributed by atoms with E-state index in [1.54, 1.807) is 5.57 Å². The fourth-order valence-corrected chi connectivity index (χ4v) is 2.41. The van der Waals surface area contributed by atoms with Crippen molar-refractivity contribution in [2.45, 2.75) is 44.6 Å². The van der Waals surface area contributed by atoms with Crippen LogP contribution in [0.5, 0.6) is 0 Å². The van der Waals surface area contributed by atoms with E-state index in [-0.39, 0.29) is 0 Å². The first-order chi connectivity index (χ1) is 6.95. The summed E-state index contributed by atoms with van der Waals surface area (Å²) in [6, 6.07) is 0.805. The van der Waals surface area contributed by atoms with Crippen molar-refractivity contribution in [3.8, 4) is 0 Å². The van der Waals surface area contributed by atoms with Gasteiger partial charge in [0, 0.05) is 19.1 Å². The molecule has 0 bridgehead atoms. The van der Waals surface area contributed by atoms with Crippen LogP contribution in [0.3, 0.4) is 0 Å². The second-order valence-corrected chi connectivity index (χ2v) is 4.53. The molecule has 2 rings (SSSR count). The molecule has 0 spiro atoms. The molecule has 0 aromatic heterocycles. The summed E-state index contributed by atoms with van der Waals surface area (Å²) >= 11 is 0. The fourth-order valence-electron chi connectivity index (χ4n) is 2.41.